The minimum atomic E-state index is -0.0213. The summed E-state index contributed by atoms with van der Waals surface area (Å²) < 4.78 is 7.32. The summed E-state index contributed by atoms with van der Waals surface area (Å²) in [6, 6.07) is 10.1. The van der Waals surface area contributed by atoms with Gasteiger partial charge in [0.25, 0.3) is 0 Å². The topological polar surface area (TPSA) is 80.0 Å². The molecule has 1 N–H and O–H groups in total. The molecule has 27 heavy (non-hydrogen) atoms. The molecule has 0 atom stereocenters. The van der Waals surface area contributed by atoms with Gasteiger partial charge in [-0.15, -0.1) is 0 Å². The maximum atomic E-state index is 12.4. The van der Waals surface area contributed by atoms with Crippen LogP contribution in [0.15, 0.2) is 50.4 Å². The van der Waals surface area contributed by atoms with Gasteiger partial charge in [-0.2, -0.15) is 16.3 Å². The van der Waals surface area contributed by atoms with Crippen molar-refractivity contribution in [3.63, 3.8) is 0 Å². The lowest BCUT2D eigenvalue weighted by Gasteiger charge is -2.31. The standard InChI is InChI=1S/C19H19N5O2S/c25-19-20-15-3-1-2-4-16(15)24(19)14-5-8-23(9-6-14)11-17-21-18(22-26-17)13-7-10-27-12-13/h1-4,7,10,12,14H,5-6,8-9,11H2,(H,20,25). The van der Waals surface area contributed by atoms with E-state index in [-0.39, 0.29) is 11.7 Å². The molecule has 3 aromatic heterocycles. The summed E-state index contributed by atoms with van der Waals surface area (Å²) in [5.74, 6) is 1.28. The number of aromatic amines is 1. The smallest absolute Gasteiger partial charge is 0.326 e. The molecule has 4 aromatic rings. The van der Waals surface area contributed by atoms with Gasteiger partial charge in [-0.1, -0.05) is 17.3 Å². The number of hydrogen-bond acceptors (Lipinski definition) is 6. The summed E-state index contributed by atoms with van der Waals surface area (Å²) in [5.41, 5.74) is 2.86. The van der Waals surface area contributed by atoms with Gasteiger partial charge in [-0.05, 0) is 36.4 Å². The second kappa shape index (κ2) is 6.79. The number of aromatic nitrogens is 4. The van der Waals surface area contributed by atoms with E-state index in [9.17, 15) is 4.79 Å². The first kappa shape index (κ1) is 16.5. The molecule has 0 bridgehead atoms. The number of para-hydroxylation sites is 2. The number of rotatable bonds is 4. The minimum Gasteiger partial charge on any atom is -0.338 e. The molecule has 8 heteroatoms. The molecular formula is C19H19N5O2S. The van der Waals surface area contributed by atoms with Gasteiger partial charge in [-0.25, -0.2) is 4.79 Å². The van der Waals surface area contributed by atoms with Crippen molar-refractivity contribution in [3.8, 4) is 11.4 Å². The molecule has 138 valence electrons. The molecule has 4 heterocycles. The van der Waals surface area contributed by atoms with Crippen molar-refractivity contribution in [2.24, 2.45) is 0 Å². The van der Waals surface area contributed by atoms with Gasteiger partial charge >= 0.3 is 5.69 Å². The third-order valence-electron chi connectivity index (χ3n) is 5.15. The van der Waals surface area contributed by atoms with Crippen LogP contribution in [0.1, 0.15) is 24.8 Å². The number of fused-ring (bicyclic) bond motifs is 1. The number of imidazole rings is 1. The second-order valence-corrected chi connectivity index (χ2v) is 7.63. The highest BCUT2D eigenvalue weighted by atomic mass is 32.1. The van der Waals surface area contributed by atoms with Gasteiger partial charge in [0.1, 0.15) is 0 Å². The van der Waals surface area contributed by atoms with Crippen molar-refractivity contribution in [3.05, 3.63) is 57.5 Å². The monoisotopic (exact) mass is 381 g/mol. The van der Waals surface area contributed by atoms with Crippen LogP contribution in [0.2, 0.25) is 0 Å². The van der Waals surface area contributed by atoms with Crippen LogP contribution in [0.25, 0.3) is 22.4 Å². The fraction of sp³-hybridized carbons (Fsp3) is 0.316. The number of H-pyrrole nitrogens is 1. The Balaban J connectivity index is 1.26. The largest absolute Gasteiger partial charge is 0.338 e. The van der Waals surface area contributed by atoms with Crippen LogP contribution in [0.4, 0.5) is 0 Å². The molecule has 0 amide bonds. The lowest BCUT2D eigenvalue weighted by Crippen LogP contribution is -2.36. The Labute approximate surface area is 159 Å². The molecule has 1 fully saturated rings. The van der Waals surface area contributed by atoms with Crippen molar-refractivity contribution >= 4 is 22.4 Å². The van der Waals surface area contributed by atoms with Crippen LogP contribution in [-0.2, 0) is 6.54 Å². The molecule has 1 aromatic carbocycles. The normalized spacial score (nSPS) is 16.3. The number of thiophene rings is 1. The van der Waals surface area contributed by atoms with Crippen LogP contribution >= 0.6 is 11.3 Å². The van der Waals surface area contributed by atoms with Gasteiger partial charge in [0.2, 0.25) is 11.7 Å². The molecule has 0 unspecified atom stereocenters. The molecule has 0 aliphatic carbocycles. The quantitative estimate of drug-likeness (QED) is 0.587. The Hall–Kier alpha value is -2.71. The van der Waals surface area contributed by atoms with Crippen LogP contribution < -0.4 is 5.69 Å². The minimum absolute atomic E-state index is 0.0213. The average Bonchev–Trinajstić information content (AvgIpc) is 3.41. The highest BCUT2D eigenvalue weighted by Gasteiger charge is 2.24. The summed E-state index contributed by atoms with van der Waals surface area (Å²) in [5, 5.41) is 8.09. The Bertz CT molecular complexity index is 1100. The van der Waals surface area contributed by atoms with E-state index < -0.39 is 0 Å². The van der Waals surface area contributed by atoms with Gasteiger partial charge < -0.3 is 9.51 Å². The Morgan fingerprint density at radius 2 is 2.07 bits per heavy atom. The fourth-order valence-corrected chi connectivity index (χ4v) is 4.43. The maximum absolute atomic E-state index is 12.4. The first-order valence-corrected chi connectivity index (χ1v) is 9.99. The molecule has 1 aliphatic rings. The van der Waals surface area contributed by atoms with E-state index in [1.807, 2.05) is 45.7 Å². The van der Waals surface area contributed by atoms with Gasteiger partial charge in [0, 0.05) is 30.1 Å². The number of nitrogens with zero attached hydrogens (tertiary/aromatic N) is 4. The maximum Gasteiger partial charge on any atom is 0.326 e. The second-order valence-electron chi connectivity index (χ2n) is 6.85. The van der Waals surface area contributed by atoms with E-state index in [1.165, 1.54) is 0 Å². The van der Waals surface area contributed by atoms with E-state index >= 15 is 0 Å². The highest BCUT2D eigenvalue weighted by Crippen LogP contribution is 2.26. The van der Waals surface area contributed by atoms with Crippen molar-refractivity contribution in [1.82, 2.24) is 24.6 Å². The number of likely N-dealkylation sites (tertiary alicyclic amines) is 1. The van der Waals surface area contributed by atoms with Crippen LogP contribution in [0.3, 0.4) is 0 Å². The first-order valence-electron chi connectivity index (χ1n) is 9.05. The molecule has 1 aliphatic heterocycles. The third kappa shape index (κ3) is 3.11. The summed E-state index contributed by atoms with van der Waals surface area (Å²) in [7, 11) is 0. The van der Waals surface area contributed by atoms with Gasteiger partial charge in [0.15, 0.2) is 0 Å². The van der Waals surface area contributed by atoms with E-state index in [4.69, 9.17) is 4.52 Å². The van der Waals surface area contributed by atoms with Crippen molar-refractivity contribution in [1.29, 1.82) is 0 Å². The predicted octanol–water partition coefficient (Wildman–Crippen LogP) is 3.28. The number of nitrogens with one attached hydrogen (secondary N) is 1. The first-order chi connectivity index (χ1) is 13.3. The Morgan fingerprint density at radius 1 is 1.22 bits per heavy atom. The van der Waals surface area contributed by atoms with Crippen LogP contribution in [0.5, 0.6) is 0 Å². The van der Waals surface area contributed by atoms with Crippen LogP contribution in [0, 0.1) is 0 Å². The predicted molar refractivity (Wildman–Crippen MR) is 104 cm³/mol. The van der Waals surface area contributed by atoms with E-state index in [1.54, 1.807) is 11.3 Å². The summed E-state index contributed by atoms with van der Waals surface area (Å²) in [6.45, 7) is 2.44. The molecule has 1 saturated heterocycles. The Kier molecular flexibility index (Phi) is 4.14. The molecular weight excluding hydrogens is 362 g/mol. The zero-order valence-electron chi connectivity index (χ0n) is 14.7. The van der Waals surface area contributed by atoms with E-state index in [0.717, 1.165) is 42.5 Å². The van der Waals surface area contributed by atoms with Crippen molar-refractivity contribution in [2.75, 3.05) is 13.1 Å². The lowest BCUT2D eigenvalue weighted by molar-refractivity contribution is 0.161. The van der Waals surface area contributed by atoms with Crippen molar-refractivity contribution in [2.45, 2.75) is 25.4 Å². The molecule has 5 rings (SSSR count). The zero-order valence-corrected chi connectivity index (χ0v) is 15.5. The average molecular weight is 381 g/mol. The summed E-state index contributed by atoms with van der Waals surface area (Å²) in [6.07, 6.45) is 1.85. The molecule has 0 saturated carbocycles. The fourth-order valence-electron chi connectivity index (χ4n) is 3.79. The molecule has 0 radical (unpaired) electrons. The van der Waals surface area contributed by atoms with Crippen molar-refractivity contribution < 1.29 is 4.52 Å². The number of hydrogen-bond donors (Lipinski definition) is 1. The molecule has 7 nitrogen and oxygen atoms in total. The number of benzene rings is 1. The zero-order chi connectivity index (χ0) is 18.2. The number of piperidine rings is 1. The highest BCUT2D eigenvalue weighted by molar-refractivity contribution is 7.08. The SMILES string of the molecule is O=c1[nH]c2ccccc2n1C1CCN(Cc2nc(-c3ccsc3)no2)CC1. The Morgan fingerprint density at radius 3 is 2.89 bits per heavy atom. The summed E-state index contributed by atoms with van der Waals surface area (Å²) in [4.78, 5) is 22.1. The lowest BCUT2D eigenvalue weighted by atomic mass is 10.0. The summed E-state index contributed by atoms with van der Waals surface area (Å²) >= 11 is 1.62. The van der Waals surface area contributed by atoms with Crippen LogP contribution in [-0.4, -0.2) is 37.7 Å². The van der Waals surface area contributed by atoms with E-state index in [2.05, 4.69) is 20.0 Å². The van der Waals surface area contributed by atoms with E-state index in [0.29, 0.717) is 18.3 Å². The van der Waals surface area contributed by atoms with Gasteiger partial charge in [-0.3, -0.25) is 9.47 Å². The third-order valence-corrected chi connectivity index (χ3v) is 5.84. The molecule has 0 spiro atoms. The van der Waals surface area contributed by atoms with Gasteiger partial charge in [0.05, 0.1) is 17.6 Å².